The smallest absolute Gasteiger partial charge is 0.147 e. The summed E-state index contributed by atoms with van der Waals surface area (Å²) >= 11 is 3.29. The van der Waals surface area contributed by atoms with Gasteiger partial charge in [0.25, 0.3) is 0 Å². The molecule has 0 amide bonds. The molecule has 0 aliphatic carbocycles. The summed E-state index contributed by atoms with van der Waals surface area (Å²) in [5, 5.41) is 2.96. The molecule has 94 valence electrons. The van der Waals surface area contributed by atoms with Crippen LogP contribution in [0.15, 0.2) is 40.9 Å². The van der Waals surface area contributed by atoms with Crippen molar-refractivity contribution in [1.29, 1.82) is 0 Å². The van der Waals surface area contributed by atoms with Crippen LogP contribution in [0.5, 0.6) is 5.75 Å². The highest BCUT2D eigenvalue weighted by Crippen LogP contribution is 2.32. The van der Waals surface area contributed by atoms with Crippen LogP contribution in [0.1, 0.15) is 0 Å². The zero-order valence-corrected chi connectivity index (χ0v) is 11.3. The average Bonchev–Trinajstić information content (AvgIpc) is 2.35. The number of nitrogen functional groups attached to an aromatic ring is 1. The zero-order valence-electron chi connectivity index (χ0n) is 9.71. The van der Waals surface area contributed by atoms with Crippen LogP contribution < -0.4 is 15.8 Å². The summed E-state index contributed by atoms with van der Waals surface area (Å²) in [6.45, 7) is 0. The molecule has 2 rings (SSSR count). The van der Waals surface area contributed by atoms with Crippen molar-refractivity contribution in [2.45, 2.75) is 0 Å². The minimum atomic E-state index is -0.348. The number of nitrogens with one attached hydrogen (secondary N) is 1. The average molecular weight is 311 g/mol. The Morgan fingerprint density at radius 1 is 1.28 bits per heavy atom. The lowest BCUT2D eigenvalue weighted by Crippen LogP contribution is -1.99. The Morgan fingerprint density at radius 2 is 2.06 bits per heavy atom. The van der Waals surface area contributed by atoms with Crippen LogP contribution in [0.4, 0.5) is 21.5 Å². The van der Waals surface area contributed by atoms with Gasteiger partial charge in [-0.2, -0.15) is 0 Å². The molecule has 3 N–H and O–H groups in total. The standard InChI is InChI=1S/C13H12BrFN2O/c1-18-8-5-6-12(11(16)7-8)17-13-9(14)3-2-4-10(13)15/h2-7,17H,16H2,1H3. The lowest BCUT2D eigenvalue weighted by Gasteiger charge is -2.12. The normalized spacial score (nSPS) is 10.2. The van der Waals surface area contributed by atoms with E-state index in [1.165, 1.54) is 6.07 Å². The molecule has 5 heteroatoms. The fraction of sp³-hybridized carbons (Fsp3) is 0.0769. The molecule has 0 heterocycles. The van der Waals surface area contributed by atoms with Gasteiger partial charge in [0.15, 0.2) is 0 Å². The Kier molecular flexibility index (Phi) is 3.72. The first-order chi connectivity index (χ1) is 8.61. The van der Waals surface area contributed by atoms with Crippen LogP contribution in [-0.2, 0) is 0 Å². The Hall–Kier alpha value is -1.75. The lowest BCUT2D eigenvalue weighted by atomic mass is 10.2. The van der Waals surface area contributed by atoms with E-state index in [1.54, 1.807) is 37.4 Å². The molecule has 0 aliphatic rings. The van der Waals surface area contributed by atoms with Gasteiger partial charge >= 0.3 is 0 Å². The van der Waals surface area contributed by atoms with Crippen LogP contribution in [0, 0.1) is 5.82 Å². The van der Waals surface area contributed by atoms with Gasteiger partial charge in [0.05, 0.1) is 24.2 Å². The molecule has 2 aromatic rings. The summed E-state index contributed by atoms with van der Waals surface area (Å²) in [4.78, 5) is 0. The van der Waals surface area contributed by atoms with Gasteiger partial charge in [0, 0.05) is 10.5 Å². The van der Waals surface area contributed by atoms with Crippen LogP contribution in [0.3, 0.4) is 0 Å². The number of para-hydroxylation sites is 1. The molecule has 0 saturated heterocycles. The Morgan fingerprint density at radius 3 is 2.67 bits per heavy atom. The highest BCUT2D eigenvalue weighted by Gasteiger charge is 2.08. The van der Waals surface area contributed by atoms with Gasteiger partial charge in [-0.05, 0) is 40.2 Å². The van der Waals surface area contributed by atoms with E-state index >= 15 is 0 Å². The SMILES string of the molecule is COc1ccc(Nc2c(F)cccc2Br)c(N)c1. The molecule has 0 radical (unpaired) electrons. The van der Waals surface area contributed by atoms with Crippen molar-refractivity contribution >= 4 is 33.0 Å². The molecular formula is C13H12BrFN2O. The molecule has 18 heavy (non-hydrogen) atoms. The van der Waals surface area contributed by atoms with Crippen LogP contribution in [0.2, 0.25) is 0 Å². The molecule has 0 aliphatic heterocycles. The number of nitrogens with two attached hydrogens (primary N) is 1. The maximum atomic E-state index is 13.7. The maximum absolute atomic E-state index is 13.7. The van der Waals surface area contributed by atoms with Crippen molar-refractivity contribution in [2.24, 2.45) is 0 Å². The fourth-order valence-corrected chi connectivity index (χ4v) is 1.97. The van der Waals surface area contributed by atoms with Crippen molar-refractivity contribution in [3.05, 3.63) is 46.7 Å². The van der Waals surface area contributed by atoms with E-state index in [0.29, 0.717) is 27.3 Å². The van der Waals surface area contributed by atoms with E-state index in [9.17, 15) is 4.39 Å². The summed E-state index contributed by atoms with van der Waals surface area (Å²) < 4.78 is 19.3. The van der Waals surface area contributed by atoms with Gasteiger partial charge in [-0.3, -0.25) is 0 Å². The first kappa shape index (κ1) is 12.7. The van der Waals surface area contributed by atoms with Gasteiger partial charge in [0.1, 0.15) is 11.6 Å². The summed E-state index contributed by atoms with van der Waals surface area (Å²) in [6.07, 6.45) is 0. The monoisotopic (exact) mass is 310 g/mol. The first-order valence-corrected chi connectivity index (χ1v) is 6.05. The van der Waals surface area contributed by atoms with E-state index in [2.05, 4.69) is 21.2 Å². The number of benzene rings is 2. The molecule has 2 aromatic carbocycles. The first-order valence-electron chi connectivity index (χ1n) is 5.26. The van der Waals surface area contributed by atoms with Crippen molar-refractivity contribution < 1.29 is 9.13 Å². The summed E-state index contributed by atoms with van der Waals surface area (Å²) in [7, 11) is 1.56. The Bertz CT molecular complexity index is 555. The maximum Gasteiger partial charge on any atom is 0.147 e. The fourth-order valence-electron chi connectivity index (χ4n) is 1.53. The van der Waals surface area contributed by atoms with Gasteiger partial charge < -0.3 is 15.8 Å². The highest BCUT2D eigenvalue weighted by molar-refractivity contribution is 9.10. The summed E-state index contributed by atoms with van der Waals surface area (Å²) in [5.41, 5.74) is 7.34. The third-order valence-corrected chi connectivity index (χ3v) is 3.14. The van der Waals surface area contributed by atoms with Crippen LogP contribution in [0.25, 0.3) is 0 Å². The number of methoxy groups -OCH3 is 1. The van der Waals surface area contributed by atoms with Gasteiger partial charge in [-0.1, -0.05) is 6.07 Å². The second-order valence-corrected chi connectivity index (χ2v) is 4.53. The quantitative estimate of drug-likeness (QED) is 0.845. The molecule has 0 fully saturated rings. The highest BCUT2D eigenvalue weighted by atomic mass is 79.9. The predicted molar refractivity (Wildman–Crippen MR) is 74.8 cm³/mol. The zero-order chi connectivity index (χ0) is 13.1. The number of anilines is 3. The number of ether oxygens (including phenoxy) is 1. The molecule has 0 aromatic heterocycles. The van der Waals surface area contributed by atoms with Crippen molar-refractivity contribution in [3.8, 4) is 5.75 Å². The third-order valence-electron chi connectivity index (χ3n) is 2.48. The largest absolute Gasteiger partial charge is 0.497 e. The minimum absolute atomic E-state index is 0.348. The number of hydrogen-bond acceptors (Lipinski definition) is 3. The van der Waals surface area contributed by atoms with Crippen molar-refractivity contribution in [2.75, 3.05) is 18.2 Å². The van der Waals surface area contributed by atoms with E-state index in [1.807, 2.05) is 0 Å². The van der Waals surface area contributed by atoms with E-state index in [4.69, 9.17) is 10.5 Å². The second kappa shape index (κ2) is 5.27. The van der Waals surface area contributed by atoms with Crippen LogP contribution in [-0.4, -0.2) is 7.11 Å². The van der Waals surface area contributed by atoms with Crippen LogP contribution >= 0.6 is 15.9 Å². The Labute approximate surface area is 113 Å². The van der Waals surface area contributed by atoms with Crippen molar-refractivity contribution in [1.82, 2.24) is 0 Å². The topological polar surface area (TPSA) is 47.3 Å². The van der Waals surface area contributed by atoms with E-state index < -0.39 is 0 Å². The van der Waals surface area contributed by atoms with E-state index in [-0.39, 0.29) is 5.82 Å². The molecule has 0 saturated carbocycles. The number of halogens is 2. The van der Waals surface area contributed by atoms with E-state index in [0.717, 1.165) is 0 Å². The molecule has 0 bridgehead atoms. The molecular weight excluding hydrogens is 299 g/mol. The molecule has 0 unspecified atom stereocenters. The third kappa shape index (κ3) is 2.56. The summed E-state index contributed by atoms with van der Waals surface area (Å²) in [5.74, 6) is 0.310. The Balaban J connectivity index is 2.34. The molecule has 0 atom stereocenters. The molecule has 0 spiro atoms. The number of hydrogen-bond donors (Lipinski definition) is 2. The lowest BCUT2D eigenvalue weighted by molar-refractivity contribution is 0.415. The second-order valence-electron chi connectivity index (χ2n) is 3.67. The van der Waals surface area contributed by atoms with Gasteiger partial charge in [0.2, 0.25) is 0 Å². The van der Waals surface area contributed by atoms with Gasteiger partial charge in [-0.25, -0.2) is 4.39 Å². The van der Waals surface area contributed by atoms with Gasteiger partial charge in [-0.15, -0.1) is 0 Å². The number of rotatable bonds is 3. The molecule has 3 nitrogen and oxygen atoms in total. The predicted octanol–water partition coefficient (Wildman–Crippen LogP) is 3.92. The minimum Gasteiger partial charge on any atom is -0.497 e. The van der Waals surface area contributed by atoms with Crippen molar-refractivity contribution in [3.63, 3.8) is 0 Å². The summed E-state index contributed by atoms with van der Waals surface area (Å²) in [6, 6.07) is 9.94.